The highest BCUT2D eigenvalue weighted by Crippen LogP contribution is 2.27. The zero-order valence-electron chi connectivity index (χ0n) is 16.3. The second-order valence-corrected chi connectivity index (χ2v) is 7.11. The summed E-state index contributed by atoms with van der Waals surface area (Å²) >= 11 is 0. The number of aromatic amines is 1. The molecule has 150 valence electrons. The zero-order chi connectivity index (χ0) is 18.4. The van der Waals surface area contributed by atoms with E-state index in [0.29, 0.717) is 25.7 Å². The first-order valence-electron chi connectivity index (χ1n) is 9.76. The maximum Gasteiger partial charge on any atom is 0.305 e. The molecule has 1 atom stereocenters. The molecule has 5 nitrogen and oxygen atoms in total. The van der Waals surface area contributed by atoms with Gasteiger partial charge in [-0.05, 0) is 76.4 Å². The maximum absolute atomic E-state index is 11.3. The summed E-state index contributed by atoms with van der Waals surface area (Å²) in [5.41, 5.74) is 2.53. The number of hydrogen-bond donors (Lipinski definition) is 1. The molecule has 1 saturated heterocycles. The third kappa shape index (κ3) is 5.88. The van der Waals surface area contributed by atoms with Crippen molar-refractivity contribution < 1.29 is 14.3 Å². The van der Waals surface area contributed by atoms with E-state index in [9.17, 15) is 4.79 Å². The summed E-state index contributed by atoms with van der Waals surface area (Å²) in [5.74, 6) is 0.775. The van der Waals surface area contributed by atoms with E-state index in [1.807, 2.05) is 13.0 Å². The lowest BCUT2D eigenvalue weighted by atomic mass is 10.0. The van der Waals surface area contributed by atoms with Crippen LogP contribution in [0.1, 0.15) is 44.6 Å². The number of hydrogen-bond acceptors (Lipinski definition) is 4. The van der Waals surface area contributed by atoms with E-state index in [1.54, 1.807) is 0 Å². The molecule has 0 unspecified atom stereocenters. The number of fused-ring (bicyclic) bond motifs is 1. The standard InChI is InChI=1S/C21H30N2O3.ClH/c1-3-25-21(24)8-4-5-12-26-18-9-10-20-19(14-18)16(15-22-20)13-17-7-6-11-23(17)2;/h9-10,14-15,17,22H,3-8,11-13H2,1-2H3;1H/t17-;/m1./s1. The van der Waals surface area contributed by atoms with Crippen LogP contribution in [0.25, 0.3) is 10.9 Å². The average Bonchev–Trinajstić information content (AvgIpc) is 3.22. The topological polar surface area (TPSA) is 54.6 Å². The number of H-pyrrole nitrogens is 1. The first-order valence-corrected chi connectivity index (χ1v) is 9.76. The Morgan fingerprint density at radius 2 is 2.19 bits per heavy atom. The smallest absolute Gasteiger partial charge is 0.305 e. The van der Waals surface area contributed by atoms with Gasteiger partial charge in [-0.3, -0.25) is 4.79 Å². The van der Waals surface area contributed by atoms with E-state index in [-0.39, 0.29) is 18.4 Å². The van der Waals surface area contributed by atoms with Gasteiger partial charge < -0.3 is 19.4 Å². The Balaban J connectivity index is 0.00000261. The van der Waals surface area contributed by atoms with Crippen LogP contribution in [0.5, 0.6) is 5.75 Å². The molecule has 1 N–H and O–H groups in total. The van der Waals surface area contributed by atoms with Gasteiger partial charge in [-0.2, -0.15) is 0 Å². The van der Waals surface area contributed by atoms with Gasteiger partial charge in [0.05, 0.1) is 13.2 Å². The summed E-state index contributed by atoms with van der Waals surface area (Å²) in [6, 6.07) is 6.88. The van der Waals surface area contributed by atoms with Gasteiger partial charge in [0.25, 0.3) is 0 Å². The Morgan fingerprint density at radius 1 is 1.33 bits per heavy atom. The Bertz CT molecular complexity index is 731. The van der Waals surface area contributed by atoms with Crippen molar-refractivity contribution in [3.8, 4) is 5.75 Å². The minimum absolute atomic E-state index is 0. The second-order valence-electron chi connectivity index (χ2n) is 7.11. The molecule has 0 aliphatic carbocycles. The number of rotatable bonds is 9. The summed E-state index contributed by atoms with van der Waals surface area (Å²) in [5, 5.41) is 1.26. The van der Waals surface area contributed by atoms with Crippen molar-refractivity contribution in [2.75, 3.05) is 26.8 Å². The number of likely N-dealkylation sites (N-methyl/N-ethyl adjacent to an activating group) is 1. The third-order valence-electron chi connectivity index (χ3n) is 5.22. The highest BCUT2D eigenvalue weighted by Gasteiger charge is 2.22. The highest BCUT2D eigenvalue weighted by atomic mass is 35.5. The number of nitrogens with one attached hydrogen (secondary N) is 1. The molecule has 0 radical (unpaired) electrons. The molecule has 1 aromatic heterocycles. The number of likely N-dealkylation sites (tertiary alicyclic amines) is 1. The predicted molar refractivity (Wildman–Crippen MR) is 111 cm³/mol. The van der Waals surface area contributed by atoms with Gasteiger partial charge in [-0.15, -0.1) is 12.4 Å². The molecule has 1 fully saturated rings. The van der Waals surface area contributed by atoms with Crippen LogP contribution >= 0.6 is 12.4 Å². The molecule has 27 heavy (non-hydrogen) atoms. The Hall–Kier alpha value is -1.72. The second kappa shape index (κ2) is 10.6. The molecular weight excluding hydrogens is 364 g/mol. The van der Waals surface area contributed by atoms with E-state index in [2.05, 4.69) is 35.3 Å². The molecule has 1 aliphatic heterocycles. The van der Waals surface area contributed by atoms with Crippen LogP contribution in [-0.4, -0.2) is 48.7 Å². The average molecular weight is 395 g/mol. The first-order chi connectivity index (χ1) is 12.7. The summed E-state index contributed by atoms with van der Waals surface area (Å²) < 4.78 is 10.8. The molecule has 1 aromatic carbocycles. The molecule has 3 rings (SSSR count). The van der Waals surface area contributed by atoms with Crippen molar-refractivity contribution >= 4 is 29.3 Å². The molecule has 0 bridgehead atoms. The molecule has 0 spiro atoms. The molecule has 2 aromatic rings. The summed E-state index contributed by atoms with van der Waals surface area (Å²) in [6.07, 6.45) is 7.91. The quantitative estimate of drug-likeness (QED) is 0.507. The van der Waals surface area contributed by atoms with E-state index < -0.39 is 0 Å². The van der Waals surface area contributed by atoms with Crippen LogP contribution in [0.15, 0.2) is 24.4 Å². The molecule has 6 heteroatoms. The van der Waals surface area contributed by atoms with Gasteiger partial charge >= 0.3 is 5.97 Å². The van der Waals surface area contributed by atoms with Crippen molar-refractivity contribution in [2.45, 2.75) is 51.5 Å². The fraction of sp³-hybridized carbons (Fsp3) is 0.571. The van der Waals surface area contributed by atoms with Gasteiger partial charge in [-0.1, -0.05) is 0 Å². The number of ether oxygens (including phenoxy) is 2. The van der Waals surface area contributed by atoms with Crippen LogP contribution < -0.4 is 4.74 Å². The van der Waals surface area contributed by atoms with Crippen LogP contribution in [0.4, 0.5) is 0 Å². The van der Waals surface area contributed by atoms with Crippen molar-refractivity contribution in [1.82, 2.24) is 9.88 Å². The Morgan fingerprint density at radius 3 is 2.93 bits per heavy atom. The van der Waals surface area contributed by atoms with Crippen molar-refractivity contribution in [3.05, 3.63) is 30.0 Å². The molecule has 0 saturated carbocycles. The zero-order valence-corrected chi connectivity index (χ0v) is 17.1. The van der Waals surface area contributed by atoms with Crippen molar-refractivity contribution in [1.29, 1.82) is 0 Å². The van der Waals surface area contributed by atoms with Gasteiger partial charge in [0.15, 0.2) is 0 Å². The number of nitrogens with zero attached hydrogens (tertiary/aromatic N) is 1. The minimum atomic E-state index is -0.122. The normalized spacial score (nSPS) is 17.0. The van der Waals surface area contributed by atoms with Crippen LogP contribution in [-0.2, 0) is 16.0 Å². The number of carbonyl (C=O) groups excluding carboxylic acids is 1. The minimum Gasteiger partial charge on any atom is -0.494 e. The van der Waals surface area contributed by atoms with Crippen LogP contribution in [0.2, 0.25) is 0 Å². The van der Waals surface area contributed by atoms with E-state index in [1.165, 1.54) is 30.3 Å². The lowest BCUT2D eigenvalue weighted by Gasteiger charge is -2.18. The lowest BCUT2D eigenvalue weighted by molar-refractivity contribution is -0.143. The lowest BCUT2D eigenvalue weighted by Crippen LogP contribution is -2.26. The largest absolute Gasteiger partial charge is 0.494 e. The fourth-order valence-corrected chi connectivity index (χ4v) is 3.70. The van der Waals surface area contributed by atoms with Crippen molar-refractivity contribution in [3.63, 3.8) is 0 Å². The van der Waals surface area contributed by atoms with E-state index >= 15 is 0 Å². The monoisotopic (exact) mass is 394 g/mol. The highest BCUT2D eigenvalue weighted by molar-refractivity contribution is 5.85. The van der Waals surface area contributed by atoms with Gasteiger partial charge in [0.2, 0.25) is 0 Å². The molecule has 2 heterocycles. The first kappa shape index (κ1) is 21.6. The van der Waals surface area contributed by atoms with Gasteiger partial charge in [0.1, 0.15) is 5.75 Å². The maximum atomic E-state index is 11.3. The molecule has 0 amide bonds. The van der Waals surface area contributed by atoms with E-state index in [0.717, 1.165) is 30.5 Å². The fourth-order valence-electron chi connectivity index (χ4n) is 3.70. The Labute approximate surface area is 167 Å². The number of esters is 1. The third-order valence-corrected chi connectivity index (χ3v) is 5.22. The number of benzene rings is 1. The Kier molecular flexibility index (Phi) is 8.45. The van der Waals surface area contributed by atoms with Crippen LogP contribution in [0.3, 0.4) is 0 Å². The van der Waals surface area contributed by atoms with Gasteiger partial charge in [-0.25, -0.2) is 0 Å². The summed E-state index contributed by atoms with van der Waals surface area (Å²) in [7, 11) is 2.22. The number of unbranched alkanes of at least 4 members (excludes halogenated alkanes) is 1. The van der Waals surface area contributed by atoms with Crippen molar-refractivity contribution in [2.24, 2.45) is 0 Å². The van der Waals surface area contributed by atoms with E-state index in [4.69, 9.17) is 9.47 Å². The van der Waals surface area contributed by atoms with Crippen LogP contribution in [0, 0.1) is 0 Å². The summed E-state index contributed by atoms with van der Waals surface area (Å²) in [4.78, 5) is 17.2. The molecule has 1 aliphatic rings. The predicted octanol–water partition coefficient (Wildman–Crippen LogP) is 4.34. The number of carbonyl (C=O) groups is 1. The van der Waals surface area contributed by atoms with Gasteiger partial charge in [0, 0.05) is 29.6 Å². The SMILES string of the molecule is CCOC(=O)CCCCOc1ccc2[nH]cc(C[C@H]3CCCN3C)c2c1.Cl. The number of aromatic nitrogens is 1. The number of halogens is 1. The molecular formula is C21H31ClN2O3. The summed E-state index contributed by atoms with van der Waals surface area (Å²) in [6.45, 7) is 4.10.